The molecule has 0 atom stereocenters. The molecular formula is C10H15NO2. The molecule has 0 aliphatic heterocycles. The van der Waals surface area contributed by atoms with Crippen molar-refractivity contribution < 1.29 is 9.47 Å². The van der Waals surface area contributed by atoms with E-state index in [9.17, 15) is 0 Å². The van der Waals surface area contributed by atoms with Gasteiger partial charge in [0.2, 0.25) is 0 Å². The normalized spacial score (nSPS) is 16.8. The lowest BCUT2D eigenvalue weighted by atomic mass is 10.1. The Morgan fingerprint density at radius 1 is 1.23 bits per heavy atom. The Morgan fingerprint density at radius 3 is 2.46 bits per heavy atom. The second-order valence-corrected chi connectivity index (χ2v) is 3.04. The maximum absolute atomic E-state index is 5.38. The number of methoxy groups -OCH3 is 2. The van der Waals surface area contributed by atoms with Crippen molar-refractivity contribution in [3.63, 3.8) is 0 Å². The van der Waals surface area contributed by atoms with E-state index in [2.05, 4.69) is 12.1 Å². The molecule has 0 fully saturated rings. The highest BCUT2D eigenvalue weighted by Crippen LogP contribution is 2.36. The third-order valence-electron chi connectivity index (χ3n) is 2.46. The third-order valence-corrected chi connectivity index (χ3v) is 2.46. The molecule has 0 saturated heterocycles. The summed E-state index contributed by atoms with van der Waals surface area (Å²) in [6.45, 7) is 0. The van der Waals surface area contributed by atoms with E-state index < -0.39 is 5.79 Å². The van der Waals surface area contributed by atoms with Crippen LogP contribution in [0.4, 0.5) is 0 Å². The molecule has 1 aromatic carbocycles. The molecule has 3 heteroatoms. The molecule has 2 bridgehead atoms. The average Bonchev–Trinajstić information content (AvgIpc) is 2.38. The lowest BCUT2D eigenvalue weighted by Gasteiger charge is -2.26. The van der Waals surface area contributed by atoms with Gasteiger partial charge in [-0.2, -0.15) is 0 Å². The number of fused-ring (bicyclic) bond motifs is 2. The molecule has 3 N–H and O–H groups in total. The van der Waals surface area contributed by atoms with Crippen molar-refractivity contribution in [1.29, 1.82) is 0 Å². The van der Waals surface area contributed by atoms with E-state index >= 15 is 0 Å². The van der Waals surface area contributed by atoms with Crippen LogP contribution in [-0.4, -0.2) is 14.2 Å². The van der Waals surface area contributed by atoms with Gasteiger partial charge in [0.05, 0.1) is 0 Å². The molecule has 0 amide bonds. The molecule has 72 valence electrons. The molecule has 0 spiro atoms. The van der Waals surface area contributed by atoms with Crippen molar-refractivity contribution in [2.24, 2.45) is 0 Å². The fraction of sp³-hybridized carbons (Fsp3) is 0.400. The number of hydrogen-bond acceptors (Lipinski definition) is 3. The highest BCUT2D eigenvalue weighted by atomic mass is 16.7. The summed E-state index contributed by atoms with van der Waals surface area (Å²) < 4.78 is 10.8. The number of ether oxygens (including phenoxy) is 2. The van der Waals surface area contributed by atoms with Gasteiger partial charge in [-0.3, -0.25) is 0 Å². The topological polar surface area (TPSA) is 53.5 Å². The first kappa shape index (κ1) is 10.2. The number of benzene rings is 1. The molecule has 13 heavy (non-hydrogen) atoms. The summed E-state index contributed by atoms with van der Waals surface area (Å²) in [4.78, 5) is 0. The van der Waals surface area contributed by atoms with E-state index in [1.165, 1.54) is 5.56 Å². The Balaban J connectivity index is 0.000000845. The Labute approximate surface area is 78.2 Å². The first-order chi connectivity index (χ1) is 5.80. The lowest BCUT2D eigenvalue weighted by molar-refractivity contribution is -0.211. The molecule has 0 heterocycles. The van der Waals surface area contributed by atoms with Crippen molar-refractivity contribution >= 4 is 0 Å². The summed E-state index contributed by atoms with van der Waals surface area (Å²) >= 11 is 0. The molecule has 0 aromatic heterocycles. The lowest BCUT2D eigenvalue weighted by Crippen LogP contribution is -2.29. The predicted molar refractivity (Wildman–Crippen MR) is 50.9 cm³/mol. The molecule has 1 aliphatic carbocycles. The quantitative estimate of drug-likeness (QED) is 0.708. The van der Waals surface area contributed by atoms with Gasteiger partial charge in [-0.05, 0) is 5.56 Å². The van der Waals surface area contributed by atoms with Crippen molar-refractivity contribution in [3.05, 3.63) is 35.4 Å². The summed E-state index contributed by atoms with van der Waals surface area (Å²) in [5.41, 5.74) is 2.39. The fourth-order valence-electron chi connectivity index (χ4n) is 1.75. The summed E-state index contributed by atoms with van der Waals surface area (Å²) in [7, 11) is 3.36. The standard InChI is InChI=1S/C10H12O2.H3N/c1-11-10(12-2)7-8-4-3-5-9(10)6-8;/h3-6H,7H2,1-2H3;1H3. The van der Waals surface area contributed by atoms with Gasteiger partial charge < -0.3 is 15.6 Å². The van der Waals surface area contributed by atoms with Crippen LogP contribution in [0, 0.1) is 0 Å². The average molecular weight is 181 g/mol. The van der Waals surface area contributed by atoms with Crippen LogP contribution < -0.4 is 6.15 Å². The van der Waals surface area contributed by atoms with E-state index in [0.717, 1.165) is 12.0 Å². The molecule has 1 aromatic rings. The van der Waals surface area contributed by atoms with Gasteiger partial charge in [-0.1, -0.05) is 24.3 Å². The van der Waals surface area contributed by atoms with Crippen LogP contribution >= 0.6 is 0 Å². The second-order valence-electron chi connectivity index (χ2n) is 3.04. The van der Waals surface area contributed by atoms with E-state index in [1.54, 1.807) is 14.2 Å². The Bertz CT molecular complexity index is 295. The van der Waals surface area contributed by atoms with Crippen molar-refractivity contribution in [2.45, 2.75) is 12.2 Å². The van der Waals surface area contributed by atoms with Crippen LogP contribution in [0.2, 0.25) is 0 Å². The van der Waals surface area contributed by atoms with Crippen LogP contribution in [0.25, 0.3) is 0 Å². The molecule has 0 radical (unpaired) electrons. The van der Waals surface area contributed by atoms with E-state index in [0.29, 0.717) is 0 Å². The zero-order valence-corrected chi connectivity index (χ0v) is 8.04. The van der Waals surface area contributed by atoms with Gasteiger partial charge in [-0.25, -0.2) is 0 Å². The van der Waals surface area contributed by atoms with Gasteiger partial charge in [-0.15, -0.1) is 0 Å². The molecule has 1 aliphatic rings. The molecule has 2 rings (SSSR count). The van der Waals surface area contributed by atoms with E-state index in [4.69, 9.17) is 9.47 Å². The van der Waals surface area contributed by atoms with Crippen LogP contribution in [0.5, 0.6) is 0 Å². The summed E-state index contributed by atoms with van der Waals surface area (Å²) in [6.07, 6.45) is 0.822. The van der Waals surface area contributed by atoms with Crippen molar-refractivity contribution in [2.75, 3.05) is 14.2 Å². The highest BCUT2D eigenvalue weighted by Gasteiger charge is 2.36. The fourth-order valence-corrected chi connectivity index (χ4v) is 1.75. The Hall–Kier alpha value is -0.900. The van der Waals surface area contributed by atoms with Gasteiger partial charge >= 0.3 is 0 Å². The largest absolute Gasteiger partial charge is 0.349 e. The van der Waals surface area contributed by atoms with Gasteiger partial charge in [0.1, 0.15) is 0 Å². The van der Waals surface area contributed by atoms with Crippen molar-refractivity contribution in [3.8, 4) is 0 Å². The van der Waals surface area contributed by atoms with E-state index in [1.807, 2.05) is 12.1 Å². The highest BCUT2D eigenvalue weighted by molar-refractivity contribution is 5.35. The van der Waals surface area contributed by atoms with Crippen molar-refractivity contribution in [1.82, 2.24) is 6.15 Å². The molecule has 3 nitrogen and oxygen atoms in total. The Kier molecular flexibility index (Phi) is 2.71. The van der Waals surface area contributed by atoms with E-state index in [-0.39, 0.29) is 6.15 Å². The van der Waals surface area contributed by atoms with Gasteiger partial charge in [0.25, 0.3) is 0 Å². The van der Waals surface area contributed by atoms with Crippen LogP contribution in [0.3, 0.4) is 0 Å². The summed E-state index contributed by atoms with van der Waals surface area (Å²) in [5.74, 6) is -0.515. The SMILES string of the molecule is COC1(OC)Cc2cccc1c2.N. The third kappa shape index (κ3) is 1.35. The first-order valence-corrected chi connectivity index (χ1v) is 4.00. The van der Waals surface area contributed by atoms with Crippen LogP contribution in [-0.2, 0) is 21.7 Å². The second kappa shape index (κ2) is 3.46. The number of rotatable bonds is 2. The zero-order chi connectivity index (χ0) is 8.60. The van der Waals surface area contributed by atoms with Crippen LogP contribution in [0.1, 0.15) is 11.1 Å². The summed E-state index contributed by atoms with van der Waals surface area (Å²) in [6, 6.07) is 8.27. The number of hydrogen-bond donors (Lipinski definition) is 1. The predicted octanol–water partition coefficient (Wildman–Crippen LogP) is 1.85. The smallest absolute Gasteiger partial charge is 0.198 e. The van der Waals surface area contributed by atoms with Gasteiger partial charge in [0.15, 0.2) is 5.79 Å². The monoisotopic (exact) mass is 181 g/mol. The molecule has 0 unspecified atom stereocenters. The minimum atomic E-state index is -0.515. The van der Waals surface area contributed by atoms with Crippen LogP contribution in [0.15, 0.2) is 24.3 Å². The maximum atomic E-state index is 5.38. The minimum absolute atomic E-state index is 0. The first-order valence-electron chi connectivity index (χ1n) is 4.00. The Morgan fingerprint density at radius 2 is 1.92 bits per heavy atom. The minimum Gasteiger partial charge on any atom is -0.349 e. The summed E-state index contributed by atoms with van der Waals surface area (Å²) in [5, 5.41) is 0. The zero-order valence-electron chi connectivity index (χ0n) is 8.04. The van der Waals surface area contributed by atoms with Gasteiger partial charge in [0, 0.05) is 26.2 Å². The molecule has 0 saturated carbocycles. The molecular weight excluding hydrogens is 166 g/mol. The maximum Gasteiger partial charge on any atom is 0.198 e.